The van der Waals surface area contributed by atoms with Crippen molar-refractivity contribution >= 4 is 31.6 Å². The van der Waals surface area contributed by atoms with Crippen LogP contribution in [0.5, 0.6) is 0 Å². The number of nitrogens with two attached hydrogens (primary N) is 1. The van der Waals surface area contributed by atoms with Crippen LogP contribution in [0.3, 0.4) is 0 Å². The summed E-state index contributed by atoms with van der Waals surface area (Å²) < 4.78 is 32.1. The number of halogens is 1. The third kappa shape index (κ3) is 5.32. The van der Waals surface area contributed by atoms with Crippen molar-refractivity contribution in [2.24, 2.45) is 0 Å². The van der Waals surface area contributed by atoms with Gasteiger partial charge in [0.05, 0.1) is 18.1 Å². The molecule has 0 fully saturated rings. The molecule has 19 heavy (non-hydrogen) atoms. The van der Waals surface area contributed by atoms with Gasteiger partial charge in [-0.15, -0.1) is 0 Å². The van der Waals surface area contributed by atoms with E-state index >= 15 is 0 Å². The summed E-state index contributed by atoms with van der Waals surface area (Å²) in [6.07, 6.45) is 0. The second-order valence-electron chi connectivity index (χ2n) is 4.09. The van der Waals surface area contributed by atoms with Crippen LogP contribution >= 0.6 is 15.9 Å². The SMILES string of the molecule is C=C(C)COCCNS(=O)(=O)c1ccc(N)c(Br)c1. The predicted molar refractivity (Wildman–Crippen MR) is 79.4 cm³/mol. The van der Waals surface area contributed by atoms with Gasteiger partial charge in [0.1, 0.15) is 0 Å². The van der Waals surface area contributed by atoms with E-state index in [1.165, 1.54) is 18.2 Å². The van der Waals surface area contributed by atoms with Crippen LogP contribution in [0.25, 0.3) is 0 Å². The van der Waals surface area contributed by atoms with Gasteiger partial charge in [-0.3, -0.25) is 0 Å². The quantitative estimate of drug-likeness (QED) is 0.448. The van der Waals surface area contributed by atoms with Gasteiger partial charge < -0.3 is 10.5 Å². The van der Waals surface area contributed by atoms with Gasteiger partial charge in [0, 0.05) is 16.7 Å². The second kappa shape index (κ2) is 7.04. The molecule has 0 aliphatic heterocycles. The molecule has 0 aromatic heterocycles. The normalized spacial score (nSPS) is 11.5. The van der Waals surface area contributed by atoms with Gasteiger partial charge >= 0.3 is 0 Å². The highest BCUT2D eigenvalue weighted by atomic mass is 79.9. The fourth-order valence-corrected chi connectivity index (χ4v) is 2.82. The van der Waals surface area contributed by atoms with Crippen LogP contribution in [0.4, 0.5) is 5.69 Å². The van der Waals surface area contributed by atoms with E-state index in [4.69, 9.17) is 10.5 Å². The lowest BCUT2D eigenvalue weighted by Crippen LogP contribution is -2.27. The van der Waals surface area contributed by atoms with Crippen molar-refractivity contribution in [3.8, 4) is 0 Å². The Balaban J connectivity index is 2.56. The van der Waals surface area contributed by atoms with Crippen LogP contribution in [0.1, 0.15) is 6.92 Å². The minimum Gasteiger partial charge on any atom is -0.398 e. The number of nitrogens with one attached hydrogen (secondary N) is 1. The first kappa shape index (κ1) is 16.2. The van der Waals surface area contributed by atoms with Crippen molar-refractivity contribution in [1.29, 1.82) is 0 Å². The molecule has 7 heteroatoms. The Labute approximate surface area is 122 Å². The zero-order valence-electron chi connectivity index (χ0n) is 10.6. The maximum absolute atomic E-state index is 11.9. The molecule has 0 saturated carbocycles. The molecule has 1 aromatic carbocycles. The van der Waals surface area contributed by atoms with E-state index in [0.717, 1.165) is 5.57 Å². The Morgan fingerprint density at radius 1 is 1.53 bits per heavy atom. The van der Waals surface area contributed by atoms with Crippen LogP contribution in [0.2, 0.25) is 0 Å². The highest BCUT2D eigenvalue weighted by Crippen LogP contribution is 2.22. The van der Waals surface area contributed by atoms with E-state index in [1.807, 2.05) is 6.92 Å². The Hall–Kier alpha value is -0.890. The zero-order chi connectivity index (χ0) is 14.5. The first-order valence-corrected chi connectivity index (χ1v) is 7.87. The number of anilines is 1. The summed E-state index contributed by atoms with van der Waals surface area (Å²) in [5, 5.41) is 0. The molecule has 0 unspecified atom stereocenters. The smallest absolute Gasteiger partial charge is 0.240 e. The predicted octanol–water partition coefficient (Wildman–Crippen LogP) is 1.90. The van der Waals surface area contributed by atoms with Crippen molar-refractivity contribution in [2.45, 2.75) is 11.8 Å². The highest BCUT2D eigenvalue weighted by molar-refractivity contribution is 9.10. The van der Waals surface area contributed by atoms with E-state index in [0.29, 0.717) is 23.4 Å². The molecule has 0 bridgehead atoms. The Bertz CT molecular complexity index is 558. The number of ether oxygens (including phenoxy) is 1. The standard InChI is InChI=1S/C12H17BrN2O3S/c1-9(2)8-18-6-5-15-19(16,17)10-3-4-12(14)11(13)7-10/h3-4,7,15H,1,5-6,8,14H2,2H3. The Kier molecular flexibility index (Phi) is 5.99. The van der Waals surface area contributed by atoms with E-state index < -0.39 is 10.0 Å². The van der Waals surface area contributed by atoms with E-state index in [9.17, 15) is 8.42 Å². The second-order valence-corrected chi connectivity index (χ2v) is 6.71. The van der Waals surface area contributed by atoms with Gasteiger partial charge in [-0.25, -0.2) is 13.1 Å². The minimum absolute atomic E-state index is 0.161. The number of sulfonamides is 1. The maximum atomic E-state index is 11.9. The van der Waals surface area contributed by atoms with Gasteiger partial charge in [0.25, 0.3) is 0 Å². The van der Waals surface area contributed by atoms with Gasteiger partial charge in [-0.2, -0.15) is 0 Å². The number of rotatable bonds is 7. The lowest BCUT2D eigenvalue weighted by Gasteiger charge is -2.08. The van der Waals surface area contributed by atoms with Crippen LogP contribution in [0.15, 0.2) is 39.7 Å². The zero-order valence-corrected chi connectivity index (χ0v) is 13.1. The lowest BCUT2D eigenvalue weighted by molar-refractivity contribution is 0.162. The molecule has 0 saturated heterocycles. The van der Waals surface area contributed by atoms with Gasteiger partial charge in [0.15, 0.2) is 0 Å². The average Bonchev–Trinajstić information content (AvgIpc) is 2.31. The molecule has 3 N–H and O–H groups in total. The summed E-state index contributed by atoms with van der Waals surface area (Å²) in [7, 11) is -3.54. The van der Waals surface area contributed by atoms with Crippen LogP contribution in [-0.2, 0) is 14.8 Å². The molecule has 1 aromatic rings. The third-order valence-electron chi connectivity index (χ3n) is 2.17. The van der Waals surface area contributed by atoms with Crippen molar-refractivity contribution < 1.29 is 13.2 Å². The van der Waals surface area contributed by atoms with Gasteiger partial charge in [-0.1, -0.05) is 12.2 Å². The van der Waals surface area contributed by atoms with Crippen LogP contribution < -0.4 is 10.5 Å². The molecular formula is C12H17BrN2O3S. The Morgan fingerprint density at radius 3 is 2.79 bits per heavy atom. The molecule has 106 valence electrons. The number of hydrogen-bond donors (Lipinski definition) is 2. The van der Waals surface area contributed by atoms with Gasteiger partial charge in [-0.05, 0) is 41.1 Å². The summed E-state index contributed by atoms with van der Waals surface area (Å²) in [4.78, 5) is 0.161. The lowest BCUT2D eigenvalue weighted by atomic mass is 10.3. The summed E-state index contributed by atoms with van der Waals surface area (Å²) in [5.74, 6) is 0. The molecule has 0 radical (unpaired) electrons. The topological polar surface area (TPSA) is 81.4 Å². The molecule has 5 nitrogen and oxygen atoms in total. The summed E-state index contributed by atoms with van der Waals surface area (Å²) >= 11 is 3.20. The summed E-state index contributed by atoms with van der Waals surface area (Å²) in [5.41, 5.74) is 6.99. The van der Waals surface area contributed by atoms with Crippen molar-refractivity contribution in [3.05, 3.63) is 34.8 Å². The van der Waals surface area contributed by atoms with E-state index in [1.54, 1.807) is 0 Å². The van der Waals surface area contributed by atoms with Crippen molar-refractivity contribution in [2.75, 3.05) is 25.5 Å². The number of benzene rings is 1. The fourth-order valence-electron chi connectivity index (χ4n) is 1.25. The minimum atomic E-state index is -3.54. The van der Waals surface area contributed by atoms with Crippen molar-refractivity contribution in [1.82, 2.24) is 4.72 Å². The molecule has 0 aliphatic carbocycles. The Morgan fingerprint density at radius 2 is 2.21 bits per heavy atom. The van der Waals surface area contributed by atoms with Crippen molar-refractivity contribution in [3.63, 3.8) is 0 Å². The third-order valence-corrected chi connectivity index (χ3v) is 4.31. The highest BCUT2D eigenvalue weighted by Gasteiger charge is 2.14. The van der Waals surface area contributed by atoms with E-state index in [2.05, 4.69) is 27.2 Å². The van der Waals surface area contributed by atoms with Crippen LogP contribution in [0, 0.1) is 0 Å². The summed E-state index contributed by atoms with van der Waals surface area (Å²) in [6.45, 7) is 6.46. The first-order chi connectivity index (χ1) is 8.83. The maximum Gasteiger partial charge on any atom is 0.240 e. The monoisotopic (exact) mass is 348 g/mol. The molecule has 0 aliphatic rings. The first-order valence-electron chi connectivity index (χ1n) is 5.60. The van der Waals surface area contributed by atoms with E-state index in [-0.39, 0.29) is 11.4 Å². The summed E-state index contributed by atoms with van der Waals surface area (Å²) in [6, 6.07) is 4.46. The molecule has 0 atom stereocenters. The molecule has 1 rings (SSSR count). The molecule has 0 spiro atoms. The average molecular weight is 349 g/mol. The molecule has 0 amide bonds. The largest absolute Gasteiger partial charge is 0.398 e. The number of hydrogen-bond acceptors (Lipinski definition) is 4. The molecule has 0 heterocycles. The fraction of sp³-hybridized carbons (Fsp3) is 0.333. The van der Waals surface area contributed by atoms with Gasteiger partial charge in [0.2, 0.25) is 10.0 Å². The number of nitrogen functional groups attached to an aromatic ring is 1. The molecular weight excluding hydrogens is 332 g/mol. The van der Waals surface area contributed by atoms with Crippen LogP contribution in [-0.4, -0.2) is 28.2 Å².